The van der Waals surface area contributed by atoms with Gasteiger partial charge < -0.3 is 10.8 Å². The molecule has 14 heavy (non-hydrogen) atoms. The Labute approximate surface area is 82.5 Å². The standard InChI is InChI=1S/C11H13NO2/c1-6-2-3-8-9(6)4-7(11(13)14)5-10(8)12/h4-6H,2-3,12H2,1H3,(H,13,14). The van der Waals surface area contributed by atoms with E-state index in [1.807, 2.05) is 0 Å². The van der Waals surface area contributed by atoms with Crippen molar-refractivity contribution in [2.24, 2.45) is 0 Å². The minimum atomic E-state index is -0.904. The summed E-state index contributed by atoms with van der Waals surface area (Å²) in [5.41, 5.74) is 8.99. The number of hydrogen-bond acceptors (Lipinski definition) is 2. The van der Waals surface area contributed by atoms with E-state index in [0.29, 0.717) is 17.2 Å². The van der Waals surface area contributed by atoms with Crippen LogP contribution in [0.1, 0.15) is 40.7 Å². The Kier molecular flexibility index (Phi) is 1.95. The molecule has 0 saturated carbocycles. The molecule has 3 heteroatoms. The fourth-order valence-electron chi connectivity index (χ4n) is 2.09. The van der Waals surface area contributed by atoms with Crippen molar-refractivity contribution < 1.29 is 9.90 Å². The van der Waals surface area contributed by atoms with Gasteiger partial charge in [-0.15, -0.1) is 0 Å². The lowest BCUT2D eigenvalue weighted by atomic mass is 9.99. The molecule has 0 radical (unpaired) electrons. The zero-order valence-corrected chi connectivity index (χ0v) is 8.08. The Balaban J connectivity index is 2.58. The molecule has 0 spiro atoms. The average molecular weight is 191 g/mol. The zero-order chi connectivity index (χ0) is 10.3. The van der Waals surface area contributed by atoms with Crippen molar-refractivity contribution in [2.45, 2.75) is 25.7 Å². The van der Waals surface area contributed by atoms with Gasteiger partial charge in [0.15, 0.2) is 0 Å². The highest BCUT2D eigenvalue weighted by Crippen LogP contribution is 2.36. The van der Waals surface area contributed by atoms with Crippen LogP contribution >= 0.6 is 0 Å². The third-order valence-electron chi connectivity index (χ3n) is 2.92. The minimum Gasteiger partial charge on any atom is -0.478 e. The Hall–Kier alpha value is -1.51. The zero-order valence-electron chi connectivity index (χ0n) is 8.08. The molecular weight excluding hydrogens is 178 g/mol. The summed E-state index contributed by atoms with van der Waals surface area (Å²) in [7, 11) is 0. The van der Waals surface area contributed by atoms with Crippen LogP contribution in [0.4, 0.5) is 5.69 Å². The molecule has 2 rings (SSSR count). The molecule has 0 bridgehead atoms. The molecule has 0 amide bonds. The second-order valence-electron chi connectivity index (χ2n) is 3.88. The van der Waals surface area contributed by atoms with Crippen LogP contribution in [0, 0.1) is 0 Å². The van der Waals surface area contributed by atoms with E-state index in [2.05, 4.69) is 6.92 Å². The van der Waals surface area contributed by atoms with Crippen LogP contribution in [0.3, 0.4) is 0 Å². The number of benzene rings is 1. The first-order chi connectivity index (χ1) is 6.59. The van der Waals surface area contributed by atoms with E-state index in [-0.39, 0.29) is 0 Å². The van der Waals surface area contributed by atoms with Gasteiger partial charge >= 0.3 is 5.97 Å². The summed E-state index contributed by atoms with van der Waals surface area (Å²) in [5, 5.41) is 8.87. The van der Waals surface area contributed by atoms with Crippen molar-refractivity contribution in [1.82, 2.24) is 0 Å². The van der Waals surface area contributed by atoms with Crippen LogP contribution in [0.2, 0.25) is 0 Å². The molecule has 0 fully saturated rings. The third kappa shape index (κ3) is 1.25. The lowest BCUT2D eigenvalue weighted by Crippen LogP contribution is -2.02. The molecule has 1 aromatic carbocycles. The van der Waals surface area contributed by atoms with Crippen LogP contribution in [0.5, 0.6) is 0 Å². The van der Waals surface area contributed by atoms with Crippen LogP contribution < -0.4 is 5.73 Å². The molecule has 1 aromatic rings. The van der Waals surface area contributed by atoms with E-state index in [1.54, 1.807) is 12.1 Å². The summed E-state index contributed by atoms with van der Waals surface area (Å²) in [6.45, 7) is 2.11. The molecule has 1 aliphatic carbocycles. The van der Waals surface area contributed by atoms with Gasteiger partial charge in [0, 0.05) is 5.69 Å². The quantitative estimate of drug-likeness (QED) is 0.667. The van der Waals surface area contributed by atoms with E-state index in [0.717, 1.165) is 24.0 Å². The molecular formula is C11H13NO2. The van der Waals surface area contributed by atoms with Gasteiger partial charge in [-0.05, 0) is 42.0 Å². The number of aromatic carboxylic acids is 1. The number of rotatable bonds is 1. The van der Waals surface area contributed by atoms with Crippen molar-refractivity contribution in [3.8, 4) is 0 Å². The first-order valence-electron chi connectivity index (χ1n) is 4.75. The molecule has 3 N–H and O–H groups in total. The number of fused-ring (bicyclic) bond motifs is 1. The number of nitrogen functional groups attached to an aromatic ring is 1. The lowest BCUT2D eigenvalue weighted by molar-refractivity contribution is 0.0697. The highest BCUT2D eigenvalue weighted by atomic mass is 16.4. The van der Waals surface area contributed by atoms with E-state index < -0.39 is 5.97 Å². The highest BCUT2D eigenvalue weighted by molar-refractivity contribution is 5.89. The van der Waals surface area contributed by atoms with Crippen LogP contribution in [-0.4, -0.2) is 11.1 Å². The maximum atomic E-state index is 10.8. The van der Waals surface area contributed by atoms with Crippen molar-refractivity contribution in [1.29, 1.82) is 0 Å². The van der Waals surface area contributed by atoms with Gasteiger partial charge in [0.05, 0.1) is 5.56 Å². The van der Waals surface area contributed by atoms with Gasteiger partial charge in [-0.2, -0.15) is 0 Å². The van der Waals surface area contributed by atoms with Crippen LogP contribution in [-0.2, 0) is 6.42 Å². The Morgan fingerprint density at radius 1 is 1.57 bits per heavy atom. The average Bonchev–Trinajstić information content (AvgIpc) is 2.48. The second-order valence-corrected chi connectivity index (χ2v) is 3.88. The lowest BCUT2D eigenvalue weighted by Gasteiger charge is -2.08. The normalized spacial score (nSPS) is 19.4. The molecule has 3 nitrogen and oxygen atoms in total. The van der Waals surface area contributed by atoms with Gasteiger partial charge in [0.2, 0.25) is 0 Å². The maximum absolute atomic E-state index is 10.8. The largest absolute Gasteiger partial charge is 0.478 e. The van der Waals surface area contributed by atoms with Gasteiger partial charge in [0.1, 0.15) is 0 Å². The molecule has 1 atom stereocenters. The molecule has 74 valence electrons. The van der Waals surface area contributed by atoms with Crippen LogP contribution in [0.15, 0.2) is 12.1 Å². The van der Waals surface area contributed by atoms with Gasteiger partial charge in [-0.1, -0.05) is 6.92 Å². The number of nitrogens with two attached hydrogens (primary N) is 1. The molecule has 1 aliphatic rings. The van der Waals surface area contributed by atoms with Crippen molar-refractivity contribution in [3.05, 3.63) is 28.8 Å². The Morgan fingerprint density at radius 2 is 2.29 bits per heavy atom. The maximum Gasteiger partial charge on any atom is 0.335 e. The molecule has 0 aliphatic heterocycles. The monoisotopic (exact) mass is 191 g/mol. The first-order valence-corrected chi connectivity index (χ1v) is 4.75. The predicted molar refractivity (Wildman–Crippen MR) is 54.5 cm³/mol. The summed E-state index contributed by atoms with van der Waals surface area (Å²) in [5.74, 6) is -0.467. The second kappa shape index (κ2) is 3.01. The molecule has 0 heterocycles. The first kappa shape index (κ1) is 9.06. The Morgan fingerprint density at radius 3 is 2.93 bits per heavy atom. The smallest absolute Gasteiger partial charge is 0.335 e. The van der Waals surface area contributed by atoms with E-state index in [9.17, 15) is 4.79 Å². The third-order valence-corrected chi connectivity index (χ3v) is 2.92. The van der Waals surface area contributed by atoms with E-state index in [4.69, 9.17) is 10.8 Å². The summed E-state index contributed by atoms with van der Waals surface area (Å²) in [4.78, 5) is 10.8. The van der Waals surface area contributed by atoms with Gasteiger partial charge in [-0.3, -0.25) is 0 Å². The molecule has 1 unspecified atom stereocenters. The highest BCUT2D eigenvalue weighted by Gasteiger charge is 2.22. The van der Waals surface area contributed by atoms with Crippen molar-refractivity contribution >= 4 is 11.7 Å². The number of carboxylic acid groups (broad SMARTS) is 1. The van der Waals surface area contributed by atoms with Crippen molar-refractivity contribution in [3.63, 3.8) is 0 Å². The summed E-state index contributed by atoms with van der Waals surface area (Å²) in [6, 6.07) is 3.31. The van der Waals surface area contributed by atoms with Crippen LogP contribution in [0.25, 0.3) is 0 Å². The van der Waals surface area contributed by atoms with Gasteiger partial charge in [-0.25, -0.2) is 4.79 Å². The minimum absolute atomic E-state index is 0.301. The number of anilines is 1. The predicted octanol–water partition coefficient (Wildman–Crippen LogP) is 2.02. The number of carboxylic acids is 1. The summed E-state index contributed by atoms with van der Waals surface area (Å²) in [6.07, 6.45) is 2.05. The number of hydrogen-bond donors (Lipinski definition) is 2. The van der Waals surface area contributed by atoms with Crippen molar-refractivity contribution in [2.75, 3.05) is 5.73 Å². The topological polar surface area (TPSA) is 63.3 Å². The Bertz CT molecular complexity index is 399. The fourth-order valence-corrected chi connectivity index (χ4v) is 2.09. The summed E-state index contributed by atoms with van der Waals surface area (Å²) < 4.78 is 0. The fraction of sp³-hybridized carbons (Fsp3) is 0.364. The van der Waals surface area contributed by atoms with Gasteiger partial charge in [0.25, 0.3) is 0 Å². The van der Waals surface area contributed by atoms with E-state index in [1.165, 1.54) is 0 Å². The molecule has 0 saturated heterocycles. The molecule has 0 aromatic heterocycles. The SMILES string of the molecule is CC1CCc2c(N)cc(C(=O)O)cc21. The van der Waals surface area contributed by atoms with E-state index >= 15 is 0 Å². The number of carbonyl (C=O) groups is 1. The summed E-state index contributed by atoms with van der Waals surface area (Å²) >= 11 is 0.